The van der Waals surface area contributed by atoms with Crippen molar-refractivity contribution in [2.24, 2.45) is 0 Å². The highest BCUT2D eigenvalue weighted by atomic mass is 16.3. The van der Waals surface area contributed by atoms with Crippen LogP contribution in [0.5, 0.6) is 0 Å². The lowest BCUT2D eigenvalue weighted by Crippen LogP contribution is -2.10. The zero-order valence-electron chi connectivity index (χ0n) is 30.7. The van der Waals surface area contributed by atoms with Crippen LogP contribution < -0.4 is 4.90 Å². The summed E-state index contributed by atoms with van der Waals surface area (Å²) in [7, 11) is 0. The minimum absolute atomic E-state index is 0.525. The summed E-state index contributed by atoms with van der Waals surface area (Å²) < 4.78 is 8.53. The van der Waals surface area contributed by atoms with Gasteiger partial charge >= 0.3 is 0 Å². The number of para-hydroxylation sites is 3. The minimum Gasteiger partial charge on any atom is -0.456 e. The second kappa shape index (κ2) is 13.5. The van der Waals surface area contributed by atoms with Crippen LogP contribution in [0.25, 0.3) is 83.6 Å². The number of anilines is 3. The highest BCUT2D eigenvalue weighted by molar-refractivity contribution is 6.11. The van der Waals surface area contributed by atoms with E-state index < -0.39 is 0 Å². The largest absolute Gasteiger partial charge is 0.456 e. The van der Waals surface area contributed by atoms with Gasteiger partial charge in [0.25, 0.3) is 0 Å². The van der Waals surface area contributed by atoms with E-state index in [2.05, 4.69) is 137 Å². The first kappa shape index (κ1) is 32.6. The summed E-state index contributed by atoms with van der Waals surface area (Å²) in [6, 6.07) is 69.3. The molecule has 0 saturated carbocycles. The SMILES string of the molecule is c1ccc(-c2ccc3c4ccc(N(c5ccccc5)c5ccccc5)cc4n(-c4nc(-c5ccccc5)nc(-c5ccc6c(c5)oc5ccccc56)n4)c3c2)cc1. The fourth-order valence-electron chi connectivity index (χ4n) is 7.95. The van der Waals surface area contributed by atoms with Crippen LogP contribution in [0.15, 0.2) is 205 Å². The molecule has 0 aliphatic carbocycles. The molecule has 0 aliphatic heterocycles. The van der Waals surface area contributed by atoms with E-state index in [1.54, 1.807) is 0 Å². The summed E-state index contributed by atoms with van der Waals surface area (Å²) in [5.41, 5.74) is 10.7. The molecule has 6 nitrogen and oxygen atoms in total. The first-order valence-corrected chi connectivity index (χ1v) is 19.0. The van der Waals surface area contributed by atoms with Gasteiger partial charge in [0.1, 0.15) is 11.2 Å². The smallest absolute Gasteiger partial charge is 0.238 e. The second-order valence-electron chi connectivity index (χ2n) is 14.1. The van der Waals surface area contributed by atoms with Crippen molar-refractivity contribution < 1.29 is 4.42 Å². The van der Waals surface area contributed by atoms with Gasteiger partial charge in [0.05, 0.1) is 11.0 Å². The van der Waals surface area contributed by atoms with Gasteiger partial charge in [-0.25, -0.2) is 4.98 Å². The Labute approximate surface area is 328 Å². The van der Waals surface area contributed by atoms with E-state index in [0.29, 0.717) is 17.6 Å². The maximum atomic E-state index is 6.33. The number of rotatable bonds is 7. The van der Waals surface area contributed by atoms with Crippen LogP contribution >= 0.6 is 0 Å². The van der Waals surface area contributed by atoms with E-state index in [1.807, 2.05) is 72.8 Å². The molecule has 0 fully saturated rings. The van der Waals surface area contributed by atoms with Gasteiger partial charge in [0.2, 0.25) is 5.95 Å². The average molecular weight is 732 g/mol. The van der Waals surface area contributed by atoms with Gasteiger partial charge in [-0.05, 0) is 71.8 Å². The quantitative estimate of drug-likeness (QED) is 0.163. The van der Waals surface area contributed by atoms with Gasteiger partial charge in [0.15, 0.2) is 11.6 Å². The van der Waals surface area contributed by atoms with E-state index in [-0.39, 0.29) is 0 Å². The first-order valence-electron chi connectivity index (χ1n) is 19.0. The number of benzene rings is 8. The van der Waals surface area contributed by atoms with Crippen molar-refractivity contribution in [3.63, 3.8) is 0 Å². The molecular formula is C51H33N5O. The molecule has 0 unspecified atom stereocenters. The van der Waals surface area contributed by atoms with Crippen LogP contribution in [0.1, 0.15) is 0 Å². The van der Waals surface area contributed by atoms with Crippen LogP contribution in [0.4, 0.5) is 17.1 Å². The molecule has 268 valence electrons. The molecule has 0 bridgehead atoms. The van der Waals surface area contributed by atoms with Gasteiger partial charge in [-0.2, -0.15) is 9.97 Å². The monoisotopic (exact) mass is 731 g/mol. The third-order valence-corrected chi connectivity index (χ3v) is 10.6. The van der Waals surface area contributed by atoms with Crippen molar-refractivity contribution in [2.45, 2.75) is 0 Å². The summed E-state index contributed by atoms with van der Waals surface area (Å²) in [6.45, 7) is 0. The number of nitrogens with zero attached hydrogens (tertiary/aromatic N) is 5. The Morgan fingerprint density at radius 3 is 1.58 bits per heavy atom. The third-order valence-electron chi connectivity index (χ3n) is 10.6. The van der Waals surface area contributed by atoms with Crippen molar-refractivity contribution in [1.82, 2.24) is 19.5 Å². The number of hydrogen-bond acceptors (Lipinski definition) is 5. The van der Waals surface area contributed by atoms with Crippen molar-refractivity contribution in [3.8, 4) is 39.9 Å². The Balaban J connectivity index is 1.19. The molecule has 0 saturated heterocycles. The molecule has 0 atom stereocenters. The number of aromatic nitrogens is 4. The standard InChI is InChI=1S/C51H33N5O/c1-5-15-34(16-6-1)36-25-28-41-42-30-27-40(55(38-19-9-3-10-20-38)39-21-11-4-12-22-39)33-46(42)56(45(41)31-36)51-53-49(35-17-7-2-8-18-35)52-50(54-51)37-26-29-44-43-23-13-14-24-47(43)57-48(44)32-37/h1-33H. The predicted molar refractivity (Wildman–Crippen MR) is 232 cm³/mol. The van der Waals surface area contributed by atoms with E-state index >= 15 is 0 Å². The topological polar surface area (TPSA) is 60.0 Å². The highest BCUT2D eigenvalue weighted by Gasteiger charge is 2.21. The van der Waals surface area contributed by atoms with Crippen molar-refractivity contribution in [3.05, 3.63) is 200 Å². The molecule has 11 aromatic rings. The number of hydrogen-bond donors (Lipinski definition) is 0. The Hall–Kier alpha value is -7.83. The summed E-state index contributed by atoms with van der Waals surface area (Å²) in [4.78, 5) is 18.0. The molecule has 0 spiro atoms. The predicted octanol–water partition coefficient (Wildman–Crippen LogP) is 13.3. The summed E-state index contributed by atoms with van der Waals surface area (Å²) in [6.07, 6.45) is 0. The summed E-state index contributed by atoms with van der Waals surface area (Å²) >= 11 is 0. The zero-order chi connectivity index (χ0) is 37.7. The summed E-state index contributed by atoms with van der Waals surface area (Å²) in [5, 5.41) is 4.34. The van der Waals surface area contributed by atoms with Crippen LogP contribution in [0.2, 0.25) is 0 Å². The minimum atomic E-state index is 0.525. The van der Waals surface area contributed by atoms with Gasteiger partial charge in [0, 0.05) is 49.7 Å². The van der Waals surface area contributed by atoms with E-state index in [9.17, 15) is 0 Å². The van der Waals surface area contributed by atoms with Gasteiger partial charge in [-0.15, -0.1) is 0 Å². The fourth-order valence-corrected chi connectivity index (χ4v) is 7.95. The average Bonchev–Trinajstić information content (AvgIpc) is 3.82. The molecule has 11 rings (SSSR count). The van der Waals surface area contributed by atoms with Gasteiger partial charge in [-0.1, -0.05) is 140 Å². The first-order chi connectivity index (χ1) is 28.2. The maximum absolute atomic E-state index is 6.33. The molecule has 3 aromatic heterocycles. The molecule has 8 aromatic carbocycles. The lowest BCUT2D eigenvalue weighted by molar-refractivity contribution is 0.669. The third kappa shape index (κ3) is 5.70. The van der Waals surface area contributed by atoms with E-state index in [4.69, 9.17) is 19.4 Å². The Morgan fingerprint density at radius 2 is 0.877 bits per heavy atom. The van der Waals surface area contributed by atoms with E-state index in [1.165, 1.54) is 0 Å². The van der Waals surface area contributed by atoms with Crippen LogP contribution in [-0.2, 0) is 0 Å². The van der Waals surface area contributed by atoms with Gasteiger partial charge in [-0.3, -0.25) is 4.57 Å². The summed E-state index contributed by atoms with van der Waals surface area (Å²) in [5.74, 6) is 1.67. The molecule has 0 N–H and O–H groups in total. The maximum Gasteiger partial charge on any atom is 0.238 e. The molecule has 3 heterocycles. The van der Waals surface area contributed by atoms with E-state index in [0.717, 1.165) is 83.1 Å². The van der Waals surface area contributed by atoms with Crippen LogP contribution in [0.3, 0.4) is 0 Å². The van der Waals surface area contributed by atoms with Crippen LogP contribution in [0, 0.1) is 0 Å². The Kier molecular flexibility index (Phi) is 7.71. The fraction of sp³-hybridized carbons (Fsp3) is 0. The normalized spacial score (nSPS) is 11.5. The van der Waals surface area contributed by atoms with Crippen molar-refractivity contribution in [2.75, 3.05) is 4.90 Å². The zero-order valence-corrected chi connectivity index (χ0v) is 30.7. The number of furan rings is 1. The Morgan fingerprint density at radius 1 is 0.351 bits per heavy atom. The number of fused-ring (bicyclic) bond motifs is 6. The highest BCUT2D eigenvalue weighted by Crippen LogP contribution is 2.41. The van der Waals surface area contributed by atoms with Crippen LogP contribution in [-0.4, -0.2) is 19.5 Å². The molecule has 0 radical (unpaired) electrons. The molecule has 6 heteroatoms. The van der Waals surface area contributed by atoms with Crippen molar-refractivity contribution in [1.29, 1.82) is 0 Å². The van der Waals surface area contributed by atoms with Crippen molar-refractivity contribution >= 4 is 60.8 Å². The molecule has 0 amide bonds. The second-order valence-corrected chi connectivity index (χ2v) is 14.1. The molecular weight excluding hydrogens is 699 g/mol. The van der Waals surface area contributed by atoms with Gasteiger partial charge < -0.3 is 9.32 Å². The lowest BCUT2D eigenvalue weighted by atomic mass is 10.0. The Bertz CT molecular complexity index is 3190. The lowest BCUT2D eigenvalue weighted by Gasteiger charge is -2.25. The molecule has 57 heavy (non-hydrogen) atoms. The molecule has 0 aliphatic rings.